The number of amides is 1. The molecule has 3 N–H and O–H groups in total. The van der Waals surface area contributed by atoms with Gasteiger partial charge in [-0.1, -0.05) is 77.9 Å². The average molecular weight is 854 g/mol. The summed E-state index contributed by atoms with van der Waals surface area (Å²) in [5.41, 5.74) is 6.87. The van der Waals surface area contributed by atoms with Crippen molar-refractivity contribution in [1.82, 2.24) is 35.3 Å². The van der Waals surface area contributed by atoms with Crippen molar-refractivity contribution in [3.8, 4) is 22.9 Å². The standard InChI is InChI=1S/C25H36N4O5Si.C20H23N3O3/c1-25(2,3)19-16-18(12-13-23(30)26-14-9-15-35(32-4,33-5)34-6)17-22(24(19)31)29-27-20-10-7-8-11-21(20)28-29;1-20(2,3)14-11-13(9-10-18(24)26-4)12-17(19(14)25)23-21-15-7-5-6-8-16(15)22-23/h7-8,10-11,16-17,31H,9,12-15H2,1-6H3,(H,26,30);5-8,11-12,25H,9-10H2,1-4H3. The Hall–Kier alpha value is -5.68. The molecule has 0 fully saturated rings. The molecule has 61 heavy (non-hydrogen) atoms. The quantitative estimate of drug-likeness (QED) is 0.0534. The highest BCUT2D eigenvalue weighted by molar-refractivity contribution is 6.60. The van der Waals surface area contributed by atoms with Crippen LogP contribution in [0.2, 0.25) is 6.04 Å². The van der Waals surface area contributed by atoms with Crippen LogP contribution in [0.5, 0.6) is 11.5 Å². The number of fused-ring (bicyclic) bond motifs is 2. The first-order valence-corrected chi connectivity index (χ1v) is 22.2. The van der Waals surface area contributed by atoms with Gasteiger partial charge >= 0.3 is 14.8 Å². The van der Waals surface area contributed by atoms with Crippen molar-refractivity contribution < 1.29 is 37.8 Å². The molecule has 16 heteroatoms. The Morgan fingerprint density at radius 1 is 0.639 bits per heavy atom. The van der Waals surface area contributed by atoms with Gasteiger partial charge in [0.1, 0.15) is 44.9 Å². The molecule has 0 spiro atoms. The molecule has 0 aliphatic rings. The van der Waals surface area contributed by atoms with Crippen molar-refractivity contribution in [2.45, 2.75) is 90.5 Å². The molecule has 0 saturated heterocycles. The van der Waals surface area contributed by atoms with Crippen LogP contribution in [-0.4, -0.2) is 95.9 Å². The number of nitrogens with one attached hydrogen (secondary N) is 1. The molecule has 6 aromatic rings. The molecule has 0 aliphatic carbocycles. The summed E-state index contributed by atoms with van der Waals surface area (Å²) >= 11 is 0. The van der Waals surface area contributed by atoms with Crippen LogP contribution in [0.25, 0.3) is 33.4 Å². The number of aromatic hydroxyl groups is 2. The summed E-state index contributed by atoms with van der Waals surface area (Å²) in [6, 6.07) is 23.3. The van der Waals surface area contributed by atoms with E-state index >= 15 is 0 Å². The zero-order valence-electron chi connectivity index (χ0n) is 36.9. The lowest BCUT2D eigenvalue weighted by molar-refractivity contribution is -0.140. The molecule has 326 valence electrons. The number of carbonyl (C=O) groups is 2. The summed E-state index contributed by atoms with van der Waals surface area (Å²) in [5, 5.41) is 42.9. The molecule has 2 aromatic heterocycles. The van der Waals surface area contributed by atoms with E-state index in [0.29, 0.717) is 49.6 Å². The van der Waals surface area contributed by atoms with Crippen LogP contribution in [-0.2, 0) is 51.3 Å². The number of nitrogens with zero attached hydrogens (tertiary/aromatic N) is 6. The van der Waals surface area contributed by atoms with Crippen LogP contribution >= 0.6 is 0 Å². The van der Waals surface area contributed by atoms with Crippen molar-refractivity contribution in [3.05, 3.63) is 95.1 Å². The van der Waals surface area contributed by atoms with E-state index in [-0.39, 0.29) is 40.6 Å². The maximum atomic E-state index is 12.5. The van der Waals surface area contributed by atoms with Crippen LogP contribution < -0.4 is 5.32 Å². The van der Waals surface area contributed by atoms with Gasteiger partial charge in [-0.05, 0) is 77.6 Å². The van der Waals surface area contributed by atoms with Gasteiger partial charge in [-0.3, -0.25) is 9.59 Å². The number of aryl methyl sites for hydroxylation is 2. The summed E-state index contributed by atoms with van der Waals surface area (Å²) in [6.45, 7) is 12.7. The fourth-order valence-corrected chi connectivity index (χ4v) is 8.53. The number of aromatic nitrogens is 6. The first kappa shape index (κ1) is 46.4. The van der Waals surface area contributed by atoms with E-state index < -0.39 is 8.80 Å². The lowest BCUT2D eigenvalue weighted by atomic mass is 9.84. The number of ether oxygens (including phenoxy) is 1. The molecule has 1 amide bonds. The lowest BCUT2D eigenvalue weighted by Gasteiger charge is -2.24. The Morgan fingerprint density at radius 3 is 1.39 bits per heavy atom. The van der Waals surface area contributed by atoms with Crippen LogP contribution in [0.3, 0.4) is 0 Å². The number of phenols is 2. The highest BCUT2D eigenvalue weighted by atomic mass is 28.4. The van der Waals surface area contributed by atoms with Crippen molar-refractivity contribution in [2.75, 3.05) is 35.0 Å². The number of rotatable bonds is 15. The predicted octanol–water partition coefficient (Wildman–Crippen LogP) is 7.27. The number of hydrogen-bond acceptors (Lipinski definition) is 12. The highest BCUT2D eigenvalue weighted by Gasteiger charge is 2.37. The molecule has 0 aliphatic heterocycles. The maximum Gasteiger partial charge on any atom is 0.500 e. The van der Waals surface area contributed by atoms with Crippen molar-refractivity contribution in [3.63, 3.8) is 0 Å². The van der Waals surface area contributed by atoms with E-state index in [2.05, 4.69) is 25.7 Å². The normalized spacial score (nSPS) is 12.0. The Morgan fingerprint density at radius 2 is 1.03 bits per heavy atom. The van der Waals surface area contributed by atoms with Crippen LogP contribution in [0, 0.1) is 0 Å². The second-order valence-electron chi connectivity index (χ2n) is 16.8. The van der Waals surface area contributed by atoms with Gasteiger partial charge in [-0.25, -0.2) is 0 Å². The van der Waals surface area contributed by atoms with E-state index in [1.165, 1.54) is 16.7 Å². The number of methoxy groups -OCH3 is 1. The lowest BCUT2D eigenvalue weighted by Crippen LogP contribution is -2.43. The molecular formula is C45H59N7O8Si. The minimum atomic E-state index is -2.63. The summed E-state index contributed by atoms with van der Waals surface area (Å²) < 4.78 is 21.0. The number of benzene rings is 4. The fraction of sp³-hybridized carbons (Fsp3) is 0.422. The molecule has 0 radical (unpaired) electrons. The third-order valence-electron chi connectivity index (χ3n) is 10.3. The van der Waals surface area contributed by atoms with Crippen molar-refractivity contribution >= 4 is 42.7 Å². The smallest absolute Gasteiger partial charge is 0.500 e. The van der Waals surface area contributed by atoms with E-state index in [4.69, 9.17) is 18.0 Å². The first-order chi connectivity index (χ1) is 28.9. The number of carbonyl (C=O) groups excluding carboxylic acids is 2. The number of hydrogen-bond donors (Lipinski definition) is 3. The zero-order valence-corrected chi connectivity index (χ0v) is 37.9. The van der Waals surface area contributed by atoms with Gasteiger partial charge in [-0.2, -0.15) is 0 Å². The molecule has 0 unspecified atom stereocenters. The second kappa shape index (κ2) is 19.8. The predicted molar refractivity (Wildman–Crippen MR) is 236 cm³/mol. The molecule has 15 nitrogen and oxygen atoms in total. The minimum absolute atomic E-state index is 0.0422. The van der Waals surface area contributed by atoms with E-state index in [9.17, 15) is 19.8 Å². The SMILES string of the molecule is COC(=O)CCc1cc(-n2nc3ccccc3n2)c(O)c(C(C)(C)C)c1.CO[Si](CCCNC(=O)CCc1cc(-n2nc3ccccc3n2)c(O)c(C(C)(C)C)c1)(OC)OC. The van der Waals surface area contributed by atoms with Gasteiger partial charge in [0.25, 0.3) is 0 Å². The van der Waals surface area contributed by atoms with Crippen molar-refractivity contribution in [1.29, 1.82) is 0 Å². The summed E-state index contributed by atoms with van der Waals surface area (Å²) in [6.07, 6.45) is 2.34. The fourth-order valence-electron chi connectivity index (χ4n) is 6.81. The minimum Gasteiger partial charge on any atom is -0.505 e. The molecule has 4 aromatic carbocycles. The van der Waals surface area contributed by atoms with Gasteiger partial charge < -0.3 is 33.5 Å². The topological polar surface area (TPSA) is 185 Å². The average Bonchev–Trinajstić information content (AvgIpc) is 3.87. The molecule has 2 heterocycles. The Kier molecular flexibility index (Phi) is 15.1. The highest BCUT2D eigenvalue weighted by Crippen LogP contribution is 2.38. The monoisotopic (exact) mass is 853 g/mol. The Labute approximate surface area is 358 Å². The third kappa shape index (κ3) is 11.6. The molecule has 0 bridgehead atoms. The van der Waals surface area contributed by atoms with Gasteiger partial charge in [0, 0.05) is 57.9 Å². The van der Waals surface area contributed by atoms with Gasteiger partial charge in [0.15, 0.2) is 0 Å². The molecular weight excluding hydrogens is 795 g/mol. The number of phenolic OH excluding ortho intramolecular Hbond substituents is 2. The van der Waals surface area contributed by atoms with Crippen molar-refractivity contribution in [2.24, 2.45) is 0 Å². The van der Waals surface area contributed by atoms with Crippen LogP contribution in [0.4, 0.5) is 0 Å². The third-order valence-corrected chi connectivity index (χ3v) is 13.2. The molecule has 0 atom stereocenters. The van der Waals surface area contributed by atoms with Gasteiger partial charge in [0.05, 0.1) is 7.11 Å². The maximum absolute atomic E-state index is 12.5. The number of esters is 1. The Bertz CT molecular complexity index is 2370. The largest absolute Gasteiger partial charge is 0.505 e. The van der Waals surface area contributed by atoms with E-state index in [1.54, 1.807) is 21.3 Å². The van der Waals surface area contributed by atoms with E-state index in [1.807, 2.05) is 114 Å². The van der Waals surface area contributed by atoms with Gasteiger partial charge in [-0.15, -0.1) is 30.0 Å². The molecule has 0 saturated carbocycles. The van der Waals surface area contributed by atoms with Crippen LogP contribution in [0.1, 0.15) is 83.1 Å². The second-order valence-corrected chi connectivity index (χ2v) is 19.9. The van der Waals surface area contributed by atoms with Gasteiger partial charge in [0.2, 0.25) is 5.91 Å². The molecule has 6 rings (SSSR count). The summed E-state index contributed by atoms with van der Waals surface area (Å²) in [4.78, 5) is 26.9. The Balaban J connectivity index is 0.000000241. The summed E-state index contributed by atoms with van der Waals surface area (Å²) in [5.74, 6) is -0.00741. The van der Waals surface area contributed by atoms with E-state index in [0.717, 1.165) is 44.3 Å². The van der Waals surface area contributed by atoms with Crippen LogP contribution in [0.15, 0.2) is 72.8 Å². The first-order valence-electron chi connectivity index (χ1n) is 20.3. The summed E-state index contributed by atoms with van der Waals surface area (Å²) in [7, 11) is 3.49. The zero-order chi connectivity index (χ0) is 44.5.